The third kappa shape index (κ3) is 2.42. The van der Waals surface area contributed by atoms with Crippen molar-refractivity contribution in [1.82, 2.24) is 9.97 Å². The summed E-state index contributed by atoms with van der Waals surface area (Å²) in [5, 5.41) is 16.9. The predicted molar refractivity (Wildman–Crippen MR) is 46.9 cm³/mol. The minimum atomic E-state index is -1.14. The number of carbonyl (C=O) groups is 1. The molecule has 0 aliphatic heterocycles. The van der Waals surface area contributed by atoms with Crippen LogP contribution >= 0.6 is 0 Å². The molecule has 0 atom stereocenters. The summed E-state index contributed by atoms with van der Waals surface area (Å²) in [4.78, 5) is 26.4. The normalized spacial score (nSPS) is 10.4. The monoisotopic (exact) mass is 197 g/mol. The van der Waals surface area contributed by atoms with Crippen molar-refractivity contribution in [2.45, 2.75) is 0 Å². The number of nitrogens with zero attached hydrogens (tertiary/aromatic N) is 1. The molecule has 0 aromatic carbocycles. The molecule has 0 spiro atoms. The number of rotatable bonds is 3. The van der Waals surface area contributed by atoms with E-state index in [0.29, 0.717) is 0 Å². The van der Waals surface area contributed by atoms with Gasteiger partial charge in [-0.25, -0.2) is 14.6 Å². The number of aromatic nitrogens is 2. The van der Waals surface area contributed by atoms with E-state index in [4.69, 9.17) is 10.3 Å². The van der Waals surface area contributed by atoms with Crippen LogP contribution in [0.4, 0.5) is 5.82 Å². The Kier molecular flexibility index (Phi) is 2.97. The fourth-order valence-corrected chi connectivity index (χ4v) is 0.784. The Labute approximate surface area is 77.7 Å². The number of hydrogen-bond acceptors (Lipinski definition) is 5. The minimum Gasteiger partial charge on any atom is -0.478 e. The van der Waals surface area contributed by atoms with Gasteiger partial charge in [-0.05, 0) is 6.08 Å². The Balaban J connectivity index is 3.08. The van der Waals surface area contributed by atoms with E-state index < -0.39 is 11.7 Å². The summed E-state index contributed by atoms with van der Waals surface area (Å²) < 4.78 is 0. The van der Waals surface area contributed by atoms with E-state index in [-0.39, 0.29) is 11.4 Å². The summed E-state index contributed by atoms with van der Waals surface area (Å²) in [6.45, 7) is 0. The Bertz CT molecular complexity index is 423. The molecule has 0 bridgehead atoms. The van der Waals surface area contributed by atoms with Crippen LogP contribution in [0.2, 0.25) is 0 Å². The fraction of sp³-hybridized carbons (Fsp3) is 0. The molecule has 4 N–H and O–H groups in total. The van der Waals surface area contributed by atoms with E-state index in [2.05, 4.69) is 9.97 Å². The molecular formula is C7H7N3O4. The molecule has 0 unspecified atom stereocenters. The summed E-state index contributed by atoms with van der Waals surface area (Å²) in [5.74, 6) is -1.15. The molecule has 74 valence electrons. The van der Waals surface area contributed by atoms with E-state index in [1.807, 2.05) is 0 Å². The molecule has 0 saturated carbocycles. The van der Waals surface area contributed by atoms with E-state index >= 15 is 0 Å². The summed E-state index contributed by atoms with van der Waals surface area (Å²) in [6, 6.07) is 0. The lowest BCUT2D eigenvalue weighted by Crippen LogP contribution is -2.13. The van der Waals surface area contributed by atoms with Crippen LogP contribution in [-0.4, -0.2) is 26.3 Å². The van der Waals surface area contributed by atoms with Gasteiger partial charge in [0, 0.05) is 17.8 Å². The quantitative estimate of drug-likeness (QED) is 0.389. The first-order valence-electron chi connectivity index (χ1n) is 3.54. The average Bonchev–Trinajstić information content (AvgIpc) is 2.15. The number of carboxylic acids is 1. The largest absolute Gasteiger partial charge is 0.478 e. The van der Waals surface area contributed by atoms with Gasteiger partial charge in [-0.15, -0.1) is 0 Å². The maximum absolute atomic E-state index is 10.7. The zero-order valence-corrected chi connectivity index (χ0v) is 6.89. The Morgan fingerprint density at radius 3 is 2.93 bits per heavy atom. The molecule has 1 rings (SSSR count). The number of carboxylic acid groups (broad SMARTS) is 1. The maximum Gasteiger partial charge on any atom is 0.346 e. The van der Waals surface area contributed by atoms with E-state index in [0.717, 1.165) is 12.3 Å². The molecule has 1 heterocycles. The summed E-state index contributed by atoms with van der Waals surface area (Å²) in [5.41, 5.74) is 1.33. The molecule has 1 aromatic heterocycles. The maximum atomic E-state index is 10.7. The lowest BCUT2D eigenvalue weighted by atomic mass is 10.3. The van der Waals surface area contributed by atoms with E-state index in [1.165, 1.54) is 6.08 Å². The van der Waals surface area contributed by atoms with Gasteiger partial charge in [-0.1, -0.05) is 0 Å². The third-order valence-corrected chi connectivity index (χ3v) is 1.36. The molecule has 0 fully saturated rings. The molecular weight excluding hydrogens is 190 g/mol. The molecule has 7 nitrogen and oxygen atoms in total. The first-order chi connectivity index (χ1) is 6.63. The first-order valence-corrected chi connectivity index (χ1v) is 3.54. The number of anilines is 1. The van der Waals surface area contributed by atoms with Crippen molar-refractivity contribution in [3.8, 4) is 0 Å². The lowest BCUT2D eigenvalue weighted by Gasteiger charge is -2.00. The average molecular weight is 197 g/mol. The van der Waals surface area contributed by atoms with Gasteiger partial charge in [0.2, 0.25) is 0 Å². The SMILES string of the molecule is O=C(O)C=Cc1cnc(=O)[nH]c1NO. The second-order valence-corrected chi connectivity index (χ2v) is 2.30. The second kappa shape index (κ2) is 4.19. The highest BCUT2D eigenvalue weighted by Gasteiger charge is 2.00. The van der Waals surface area contributed by atoms with Gasteiger partial charge in [0.05, 0.1) is 0 Å². The summed E-state index contributed by atoms with van der Waals surface area (Å²) in [7, 11) is 0. The number of H-pyrrole nitrogens is 1. The zero-order valence-electron chi connectivity index (χ0n) is 6.89. The summed E-state index contributed by atoms with van der Waals surface area (Å²) in [6.07, 6.45) is 3.18. The lowest BCUT2D eigenvalue weighted by molar-refractivity contribution is -0.131. The topological polar surface area (TPSA) is 115 Å². The highest BCUT2D eigenvalue weighted by atomic mass is 16.5. The smallest absolute Gasteiger partial charge is 0.346 e. The van der Waals surface area contributed by atoms with Crippen LogP contribution in [0.3, 0.4) is 0 Å². The molecule has 0 amide bonds. The molecule has 0 aliphatic carbocycles. The van der Waals surface area contributed by atoms with Crippen LogP contribution in [0.15, 0.2) is 17.1 Å². The van der Waals surface area contributed by atoms with Crippen molar-refractivity contribution in [3.63, 3.8) is 0 Å². The van der Waals surface area contributed by atoms with Gasteiger partial charge in [-0.3, -0.25) is 15.7 Å². The van der Waals surface area contributed by atoms with Crippen molar-refractivity contribution in [2.75, 3.05) is 5.48 Å². The molecule has 0 aliphatic rings. The van der Waals surface area contributed by atoms with Gasteiger partial charge < -0.3 is 5.11 Å². The molecule has 0 radical (unpaired) electrons. The van der Waals surface area contributed by atoms with Crippen molar-refractivity contribution < 1.29 is 15.1 Å². The van der Waals surface area contributed by atoms with Gasteiger partial charge >= 0.3 is 11.7 Å². The second-order valence-electron chi connectivity index (χ2n) is 2.30. The van der Waals surface area contributed by atoms with E-state index in [9.17, 15) is 9.59 Å². The van der Waals surface area contributed by atoms with Crippen molar-refractivity contribution in [3.05, 3.63) is 28.3 Å². The minimum absolute atomic E-state index is 0.0116. The number of nitrogens with one attached hydrogen (secondary N) is 2. The van der Waals surface area contributed by atoms with Crippen LogP contribution in [0, 0.1) is 0 Å². The Hall–Kier alpha value is -2.15. The number of aliphatic carboxylic acids is 1. The first kappa shape index (κ1) is 9.93. The van der Waals surface area contributed by atoms with Crippen LogP contribution in [0.5, 0.6) is 0 Å². The standard InChI is InChI=1S/C7H7N3O4/c11-5(12)2-1-4-3-8-7(13)9-6(4)10-14/h1-3,14H,(H,11,12)(H2,8,9,10,13). The molecule has 0 saturated heterocycles. The van der Waals surface area contributed by atoms with Crippen molar-refractivity contribution in [2.24, 2.45) is 0 Å². The van der Waals surface area contributed by atoms with Gasteiger partial charge in [0.25, 0.3) is 0 Å². The fourth-order valence-electron chi connectivity index (χ4n) is 0.784. The molecule has 14 heavy (non-hydrogen) atoms. The Morgan fingerprint density at radius 1 is 1.64 bits per heavy atom. The Morgan fingerprint density at radius 2 is 2.36 bits per heavy atom. The van der Waals surface area contributed by atoms with Crippen molar-refractivity contribution >= 4 is 17.9 Å². The third-order valence-electron chi connectivity index (χ3n) is 1.36. The van der Waals surface area contributed by atoms with Crippen LogP contribution in [0.1, 0.15) is 5.56 Å². The summed E-state index contributed by atoms with van der Waals surface area (Å²) >= 11 is 0. The van der Waals surface area contributed by atoms with Crippen molar-refractivity contribution in [1.29, 1.82) is 0 Å². The van der Waals surface area contributed by atoms with Crippen LogP contribution in [0.25, 0.3) is 6.08 Å². The van der Waals surface area contributed by atoms with Gasteiger partial charge in [0.15, 0.2) is 0 Å². The number of hydrogen-bond donors (Lipinski definition) is 4. The van der Waals surface area contributed by atoms with Crippen LogP contribution in [-0.2, 0) is 4.79 Å². The zero-order chi connectivity index (χ0) is 10.6. The molecule has 1 aromatic rings. The molecule has 7 heteroatoms. The van der Waals surface area contributed by atoms with Gasteiger partial charge in [0.1, 0.15) is 5.82 Å². The van der Waals surface area contributed by atoms with Gasteiger partial charge in [-0.2, -0.15) is 0 Å². The highest BCUT2D eigenvalue weighted by molar-refractivity contribution is 5.86. The number of aromatic amines is 1. The van der Waals surface area contributed by atoms with Crippen LogP contribution < -0.4 is 11.2 Å². The predicted octanol–water partition coefficient (Wildman–Crippen LogP) is -0.331. The highest BCUT2D eigenvalue weighted by Crippen LogP contribution is 2.08. The van der Waals surface area contributed by atoms with E-state index in [1.54, 1.807) is 5.48 Å².